The minimum atomic E-state index is -0.966. The largest absolute Gasteiger partial charge is 0.508 e. The van der Waals surface area contributed by atoms with Crippen LogP contribution in [0.3, 0.4) is 0 Å². The van der Waals surface area contributed by atoms with E-state index in [1.807, 2.05) is 0 Å². The molecule has 1 atom stereocenters. The molecule has 0 radical (unpaired) electrons. The van der Waals surface area contributed by atoms with Gasteiger partial charge in [-0.25, -0.2) is 0 Å². The van der Waals surface area contributed by atoms with E-state index < -0.39 is 11.9 Å². The molecule has 0 amide bonds. The number of aromatic nitrogens is 1. The van der Waals surface area contributed by atoms with Crippen molar-refractivity contribution in [2.24, 2.45) is 0 Å². The number of aliphatic carboxylic acids is 1. The van der Waals surface area contributed by atoms with Gasteiger partial charge in [-0.2, -0.15) is 0 Å². The summed E-state index contributed by atoms with van der Waals surface area (Å²) in [5.41, 5.74) is 0.591. The molecule has 0 bridgehead atoms. The lowest BCUT2D eigenvalue weighted by molar-refractivity contribution is -0.139. The molecule has 2 aromatic rings. The second kappa shape index (κ2) is 5.86. The molecule has 0 aliphatic rings. The zero-order valence-corrected chi connectivity index (χ0v) is 10.1. The van der Waals surface area contributed by atoms with Crippen molar-refractivity contribution >= 4 is 5.97 Å². The van der Waals surface area contributed by atoms with Crippen LogP contribution in [0.5, 0.6) is 11.5 Å². The molecule has 5 nitrogen and oxygen atoms in total. The predicted molar refractivity (Wildman–Crippen MR) is 68.2 cm³/mol. The van der Waals surface area contributed by atoms with Gasteiger partial charge in [-0.15, -0.1) is 0 Å². The first kappa shape index (κ1) is 12.9. The van der Waals surface area contributed by atoms with Crippen molar-refractivity contribution in [3.05, 3.63) is 54.4 Å². The average molecular weight is 259 g/mol. The van der Waals surface area contributed by atoms with Crippen molar-refractivity contribution in [2.45, 2.75) is 5.92 Å². The van der Waals surface area contributed by atoms with Crippen molar-refractivity contribution in [1.29, 1.82) is 0 Å². The van der Waals surface area contributed by atoms with E-state index in [4.69, 9.17) is 9.84 Å². The van der Waals surface area contributed by atoms with Crippen molar-refractivity contribution < 1.29 is 19.7 Å². The smallest absolute Gasteiger partial charge is 0.314 e. The topological polar surface area (TPSA) is 79.7 Å². The lowest BCUT2D eigenvalue weighted by Crippen LogP contribution is -2.19. The molecule has 98 valence electrons. The van der Waals surface area contributed by atoms with E-state index >= 15 is 0 Å². The van der Waals surface area contributed by atoms with Crippen LogP contribution in [0.4, 0.5) is 0 Å². The lowest BCUT2D eigenvalue weighted by atomic mass is 10.0. The van der Waals surface area contributed by atoms with E-state index in [0.29, 0.717) is 11.3 Å². The number of phenolic OH excluding ortho intramolecular Hbond substituents is 1. The van der Waals surface area contributed by atoms with Gasteiger partial charge >= 0.3 is 5.97 Å². The second-order valence-electron chi connectivity index (χ2n) is 3.98. The SMILES string of the molecule is O=C(O)C(COc1ccc(O)cc1)c1cccnc1. The summed E-state index contributed by atoms with van der Waals surface area (Å²) in [6.45, 7) is 0.00576. The van der Waals surface area contributed by atoms with Crippen LogP contribution in [0.15, 0.2) is 48.8 Å². The number of pyridine rings is 1. The first-order chi connectivity index (χ1) is 9.16. The van der Waals surface area contributed by atoms with Gasteiger partial charge in [-0.05, 0) is 35.9 Å². The highest BCUT2D eigenvalue weighted by atomic mass is 16.5. The Balaban J connectivity index is 2.06. The number of nitrogens with zero attached hydrogens (tertiary/aromatic N) is 1. The van der Waals surface area contributed by atoms with Gasteiger partial charge in [-0.3, -0.25) is 9.78 Å². The number of ether oxygens (including phenoxy) is 1. The summed E-state index contributed by atoms with van der Waals surface area (Å²) in [4.78, 5) is 15.1. The van der Waals surface area contributed by atoms with Crippen molar-refractivity contribution in [3.63, 3.8) is 0 Å². The third-order valence-electron chi connectivity index (χ3n) is 2.64. The average Bonchev–Trinajstić information content (AvgIpc) is 2.42. The first-order valence-electron chi connectivity index (χ1n) is 5.71. The molecule has 5 heteroatoms. The van der Waals surface area contributed by atoms with Crippen LogP contribution in [-0.4, -0.2) is 27.8 Å². The number of rotatable bonds is 5. The van der Waals surface area contributed by atoms with Crippen LogP contribution in [0.1, 0.15) is 11.5 Å². The van der Waals surface area contributed by atoms with Crippen LogP contribution in [0.2, 0.25) is 0 Å². The molecule has 0 saturated carbocycles. The molecule has 2 N–H and O–H groups in total. The molecule has 0 fully saturated rings. The number of carboxylic acid groups (broad SMARTS) is 1. The van der Waals surface area contributed by atoms with Gasteiger partial charge in [0.25, 0.3) is 0 Å². The van der Waals surface area contributed by atoms with Gasteiger partial charge < -0.3 is 14.9 Å². The minimum absolute atomic E-state index is 0.00576. The van der Waals surface area contributed by atoms with Crippen molar-refractivity contribution in [3.8, 4) is 11.5 Å². The summed E-state index contributed by atoms with van der Waals surface area (Å²) < 4.78 is 5.42. The Hall–Kier alpha value is -2.56. The summed E-state index contributed by atoms with van der Waals surface area (Å²) in [5.74, 6) is -1.10. The second-order valence-corrected chi connectivity index (χ2v) is 3.98. The van der Waals surface area contributed by atoms with Gasteiger partial charge in [0.1, 0.15) is 24.0 Å². The van der Waals surface area contributed by atoms with E-state index in [-0.39, 0.29) is 12.4 Å². The summed E-state index contributed by atoms with van der Waals surface area (Å²) in [7, 11) is 0. The maximum atomic E-state index is 11.2. The fourth-order valence-corrected chi connectivity index (χ4v) is 1.61. The fraction of sp³-hybridized carbons (Fsp3) is 0.143. The highest BCUT2D eigenvalue weighted by molar-refractivity contribution is 5.76. The van der Waals surface area contributed by atoms with Crippen LogP contribution in [-0.2, 0) is 4.79 Å². The van der Waals surface area contributed by atoms with E-state index in [1.165, 1.54) is 18.3 Å². The number of aromatic hydroxyl groups is 1. The number of phenols is 1. The fourth-order valence-electron chi connectivity index (χ4n) is 1.61. The van der Waals surface area contributed by atoms with Crippen LogP contribution in [0.25, 0.3) is 0 Å². The Morgan fingerprint density at radius 3 is 2.58 bits per heavy atom. The Kier molecular flexibility index (Phi) is 3.97. The standard InChI is InChI=1S/C14H13NO4/c16-11-3-5-12(6-4-11)19-9-13(14(17)18)10-2-1-7-15-8-10/h1-8,13,16H,9H2,(H,17,18). The molecule has 0 aliphatic carbocycles. The van der Waals surface area contributed by atoms with E-state index in [9.17, 15) is 9.90 Å². The molecule has 19 heavy (non-hydrogen) atoms. The Labute approximate surface area is 110 Å². The Morgan fingerprint density at radius 2 is 2.00 bits per heavy atom. The van der Waals surface area contributed by atoms with Gasteiger partial charge in [0.2, 0.25) is 0 Å². The van der Waals surface area contributed by atoms with E-state index in [1.54, 1.807) is 30.5 Å². The highest BCUT2D eigenvalue weighted by Crippen LogP contribution is 2.20. The van der Waals surface area contributed by atoms with Gasteiger partial charge in [0.05, 0.1) is 0 Å². The molecule has 1 heterocycles. The summed E-state index contributed by atoms with van der Waals surface area (Å²) in [6.07, 6.45) is 3.10. The van der Waals surface area contributed by atoms with Gasteiger partial charge in [0, 0.05) is 12.4 Å². The van der Waals surface area contributed by atoms with Crippen LogP contribution < -0.4 is 4.74 Å². The Bertz CT molecular complexity index is 539. The van der Waals surface area contributed by atoms with E-state index in [2.05, 4.69) is 4.98 Å². The number of carboxylic acids is 1. The van der Waals surface area contributed by atoms with Gasteiger partial charge in [0.15, 0.2) is 0 Å². The predicted octanol–water partition coefficient (Wildman–Crippen LogP) is 2.03. The number of hydrogen-bond acceptors (Lipinski definition) is 4. The molecule has 1 aromatic heterocycles. The number of carbonyl (C=O) groups is 1. The Morgan fingerprint density at radius 1 is 1.26 bits per heavy atom. The quantitative estimate of drug-likeness (QED) is 0.858. The van der Waals surface area contributed by atoms with Crippen molar-refractivity contribution in [2.75, 3.05) is 6.61 Å². The monoisotopic (exact) mass is 259 g/mol. The van der Waals surface area contributed by atoms with Crippen LogP contribution in [0, 0.1) is 0 Å². The zero-order valence-electron chi connectivity index (χ0n) is 10.1. The first-order valence-corrected chi connectivity index (χ1v) is 5.71. The van der Waals surface area contributed by atoms with Gasteiger partial charge in [-0.1, -0.05) is 6.07 Å². The molecule has 0 saturated heterocycles. The molecule has 0 spiro atoms. The summed E-state index contributed by atoms with van der Waals surface area (Å²) in [5, 5.41) is 18.3. The third kappa shape index (κ3) is 3.45. The molecule has 1 aromatic carbocycles. The maximum Gasteiger partial charge on any atom is 0.314 e. The maximum absolute atomic E-state index is 11.2. The van der Waals surface area contributed by atoms with E-state index in [0.717, 1.165) is 0 Å². The third-order valence-corrected chi connectivity index (χ3v) is 2.64. The summed E-state index contributed by atoms with van der Waals surface area (Å²) >= 11 is 0. The molecule has 2 rings (SSSR count). The lowest BCUT2D eigenvalue weighted by Gasteiger charge is -2.13. The number of benzene rings is 1. The molecule has 0 aliphatic heterocycles. The van der Waals surface area contributed by atoms with Crippen LogP contribution >= 0.6 is 0 Å². The zero-order chi connectivity index (χ0) is 13.7. The van der Waals surface area contributed by atoms with Crippen molar-refractivity contribution in [1.82, 2.24) is 4.98 Å². The molecular weight excluding hydrogens is 246 g/mol. The molecule has 1 unspecified atom stereocenters. The normalized spacial score (nSPS) is 11.8. The summed E-state index contributed by atoms with van der Waals surface area (Å²) in [6, 6.07) is 9.51. The number of hydrogen-bond donors (Lipinski definition) is 2. The minimum Gasteiger partial charge on any atom is -0.508 e. The highest BCUT2D eigenvalue weighted by Gasteiger charge is 2.20. The molecular formula is C14H13NO4.